The average Bonchev–Trinajstić information content (AvgIpc) is 2.81. The third kappa shape index (κ3) is 2.45. The van der Waals surface area contributed by atoms with Gasteiger partial charge in [0, 0.05) is 12.6 Å². The lowest BCUT2D eigenvalue weighted by Gasteiger charge is -2.14. The predicted octanol–water partition coefficient (Wildman–Crippen LogP) is 2.46. The molecule has 0 fully saturated rings. The molecule has 0 saturated heterocycles. The molecular formula is C13H19N5OS. The van der Waals surface area contributed by atoms with E-state index in [4.69, 9.17) is 12.2 Å². The quantitative estimate of drug-likeness (QED) is 0.879. The first-order valence-corrected chi connectivity index (χ1v) is 7.16. The Kier molecular flexibility index (Phi) is 4.17. The van der Waals surface area contributed by atoms with E-state index in [0.29, 0.717) is 22.7 Å². The van der Waals surface area contributed by atoms with Gasteiger partial charge in [0.2, 0.25) is 0 Å². The normalized spacial score (nSPS) is 12.6. The van der Waals surface area contributed by atoms with Crippen LogP contribution in [-0.4, -0.2) is 24.5 Å². The van der Waals surface area contributed by atoms with Crippen molar-refractivity contribution in [2.75, 3.05) is 0 Å². The lowest BCUT2D eigenvalue weighted by molar-refractivity contribution is 0.527. The topological polar surface area (TPSA) is 68.5 Å². The van der Waals surface area contributed by atoms with Gasteiger partial charge in [0.15, 0.2) is 10.6 Å². The summed E-state index contributed by atoms with van der Waals surface area (Å²) in [5, 5.41) is 11.2. The number of hydrogen-bond donors (Lipinski definition) is 1. The first kappa shape index (κ1) is 14.6. The van der Waals surface area contributed by atoms with Crippen LogP contribution in [-0.2, 0) is 6.54 Å². The summed E-state index contributed by atoms with van der Waals surface area (Å²) in [5.74, 6) is 0.585. The molecule has 6 nitrogen and oxygen atoms in total. The van der Waals surface area contributed by atoms with Crippen LogP contribution in [0.3, 0.4) is 0 Å². The fourth-order valence-corrected chi connectivity index (χ4v) is 2.45. The smallest absolute Gasteiger partial charge is 0.277 e. The summed E-state index contributed by atoms with van der Waals surface area (Å²) < 4.78 is 3.88. The SMILES string of the molecule is CCC(C)n1c(-c2cc(C)nn(CC)c2=O)n[nH]c1=S. The van der Waals surface area contributed by atoms with Crippen LogP contribution >= 0.6 is 12.2 Å². The van der Waals surface area contributed by atoms with Gasteiger partial charge in [-0.3, -0.25) is 14.5 Å². The summed E-state index contributed by atoms with van der Waals surface area (Å²) >= 11 is 5.27. The van der Waals surface area contributed by atoms with Gasteiger partial charge in [0.1, 0.15) is 0 Å². The Hall–Kier alpha value is -1.76. The van der Waals surface area contributed by atoms with E-state index >= 15 is 0 Å². The van der Waals surface area contributed by atoms with E-state index in [1.165, 1.54) is 4.68 Å². The van der Waals surface area contributed by atoms with Gasteiger partial charge in [0.25, 0.3) is 5.56 Å². The first-order chi connectivity index (χ1) is 9.49. The second-order valence-electron chi connectivity index (χ2n) is 4.80. The van der Waals surface area contributed by atoms with Crippen molar-refractivity contribution in [1.29, 1.82) is 0 Å². The molecule has 0 radical (unpaired) electrons. The lowest BCUT2D eigenvalue weighted by atomic mass is 10.2. The summed E-state index contributed by atoms with van der Waals surface area (Å²) in [6.07, 6.45) is 0.910. The van der Waals surface area contributed by atoms with Gasteiger partial charge < -0.3 is 0 Å². The molecule has 0 amide bonds. The van der Waals surface area contributed by atoms with Crippen molar-refractivity contribution in [3.05, 3.63) is 26.9 Å². The van der Waals surface area contributed by atoms with E-state index in [0.717, 1.165) is 12.1 Å². The highest BCUT2D eigenvalue weighted by molar-refractivity contribution is 7.71. The van der Waals surface area contributed by atoms with Crippen LogP contribution in [0.15, 0.2) is 10.9 Å². The average molecular weight is 293 g/mol. The standard InChI is InChI=1S/C13H19N5OS/c1-5-9(4)18-11(14-15-13(18)20)10-7-8(3)16-17(6-2)12(10)19/h7,9H,5-6H2,1-4H3,(H,15,20). The third-order valence-corrected chi connectivity index (χ3v) is 3.66. The fourth-order valence-electron chi connectivity index (χ4n) is 2.14. The molecule has 20 heavy (non-hydrogen) atoms. The van der Waals surface area contributed by atoms with E-state index in [1.807, 2.05) is 18.4 Å². The molecule has 2 aromatic heterocycles. The molecule has 7 heteroatoms. The molecule has 1 N–H and O–H groups in total. The second-order valence-corrected chi connectivity index (χ2v) is 5.19. The molecule has 0 spiro atoms. The summed E-state index contributed by atoms with van der Waals surface area (Å²) in [6, 6.07) is 1.94. The first-order valence-electron chi connectivity index (χ1n) is 6.75. The van der Waals surface area contributed by atoms with Gasteiger partial charge in [-0.1, -0.05) is 6.92 Å². The van der Waals surface area contributed by atoms with Gasteiger partial charge >= 0.3 is 0 Å². The Morgan fingerprint density at radius 1 is 1.45 bits per heavy atom. The van der Waals surface area contributed by atoms with Crippen LogP contribution in [0.2, 0.25) is 0 Å². The number of nitrogens with one attached hydrogen (secondary N) is 1. The van der Waals surface area contributed by atoms with E-state index in [-0.39, 0.29) is 11.6 Å². The minimum absolute atomic E-state index is 0.142. The van der Waals surface area contributed by atoms with Gasteiger partial charge in [-0.05, 0) is 45.5 Å². The molecule has 1 unspecified atom stereocenters. The maximum atomic E-state index is 12.4. The highest BCUT2D eigenvalue weighted by Crippen LogP contribution is 2.20. The molecule has 0 aliphatic carbocycles. The number of rotatable bonds is 4. The van der Waals surface area contributed by atoms with Gasteiger partial charge in [0.05, 0.1) is 11.3 Å². The van der Waals surface area contributed by atoms with Crippen LogP contribution < -0.4 is 5.56 Å². The minimum atomic E-state index is -0.142. The van der Waals surface area contributed by atoms with Crippen molar-refractivity contribution in [1.82, 2.24) is 24.5 Å². The fraction of sp³-hybridized carbons (Fsp3) is 0.538. The lowest BCUT2D eigenvalue weighted by Crippen LogP contribution is -2.25. The molecule has 2 aromatic rings. The Morgan fingerprint density at radius 3 is 2.75 bits per heavy atom. The molecule has 0 bridgehead atoms. The van der Waals surface area contributed by atoms with Gasteiger partial charge in [-0.25, -0.2) is 4.68 Å². The molecule has 0 aromatic carbocycles. The summed E-state index contributed by atoms with van der Waals surface area (Å²) in [6.45, 7) is 8.42. The highest BCUT2D eigenvalue weighted by Gasteiger charge is 2.17. The number of aryl methyl sites for hydroxylation is 2. The molecule has 0 saturated carbocycles. The summed E-state index contributed by atoms with van der Waals surface area (Å²) in [5.41, 5.74) is 1.18. The monoisotopic (exact) mass is 293 g/mol. The molecular weight excluding hydrogens is 274 g/mol. The van der Waals surface area contributed by atoms with Crippen molar-refractivity contribution in [2.45, 2.75) is 46.7 Å². The van der Waals surface area contributed by atoms with Crippen molar-refractivity contribution in [2.24, 2.45) is 0 Å². The maximum absolute atomic E-state index is 12.4. The second kappa shape index (κ2) is 5.70. The highest BCUT2D eigenvalue weighted by atomic mass is 32.1. The van der Waals surface area contributed by atoms with E-state index < -0.39 is 0 Å². The largest absolute Gasteiger partial charge is 0.297 e. The maximum Gasteiger partial charge on any atom is 0.277 e. The Balaban J connectivity index is 2.73. The predicted molar refractivity (Wildman–Crippen MR) is 80.3 cm³/mol. The zero-order chi connectivity index (χ0) is 14.9. The van der Waals surface area contributed by atoms with Crippen molar-refractivity contribution in [3.63, 3.8) is 0 Å². The number of hydrogen-bond acceptors (Lipinski definition) is 4. The summed E-state index contributed by atoms with van der Waals surface area (Å²) in [4.78, 5) is 12.4. The van der Waals surface area contributed by atoms with Crippen molar-refractivity contribution in [3.8, 4) is 11.4 Å². The minimum Gasteiger partial charge on any atom is -0.297 e. The Bertz CT molecular complexity index is 727. The zero-order valence-electron chi connectivity index (χ0n) is 12.2. The van der Waals surface area contributed by atoms with Gasteiger partial charge in [-0.15, -0.1) is 0 Å². The number of nitrogens with zero attached hydrogens (tertiary/aromatic N) is 4. The number of aromatic amines is 1. The van der Waals surface area contributed by atoms with Crippen molar-refractivity contribution < 1.29 is 0 Å². The van der Waals surface area contributed by atoms with E-state index in [9.17, 15) is 4.79 Å². The van der Waals surface area contributed by atoms with E-state index in [2.05, 4.69) is 29.1 Å². The van der Waals surface area contributed by atoms with E-state index in [1.54, 1.807) is 6.07 Å². The summed E-state index contributed by atoms with van der Waals surface area (Å²) in [7, 11) is 0. The van der Waals surface area contributed by atoms with Gasteiger partial charge in [-0.2, -0.15) is 10.2 Å². The molecule has 1 atom stereocenters. The van der Waals surface area contributed by atoms with Crippen molar-refractivity contribution >= 4 is 12.2 Å². The molecule has 108 valence electrons. The van der Waals surface area contributed by atoms with Crippen LogP contribution in [0.1, 0.15) is 38.9 Å². The number of aromatic nitrogens is 5. The van der Waals surface area contributed by atoms with Crippen LogP contribution in [0, 0.1) is 11.7 Å². The Labute approximate surface area is 122 Å². The number of H-pyrrole nitrogens is 1. The molecule has 2 rings (SSSR count). The molecule has 0 aliphatic rings. The molecule has 0 aliphatic heterocycles. The van der Waals surface area contributed by atoms with Crippen LogP contribution in [0.4, 0.5) is 0 Å². The molecule has 2 heterocycles. The third-order valence-electron chi connectivity index (χ3n) is 3.37. The Morgan fingerprint density at radius 2 is 2.15 bits per heavy atom. The van der Waals surface area contributed by atoms with Crippen LogP contribution in [0.5, 0.6) is 0 Å². The van der Waals surface area contributed by atoms with Crippen LogP contribution in [0.25, 0.3) is 11.4 Å². The zero-order valence-corrected chi connectivity index (χ0v) is 13.0.